The molecule has 7 nitrogen and oxygen atoms in total. The highest BCUT2D eigenvalue weighted by Crippen LogP contribution is 2.32. The lowest BCUT2D eigenvalue weighted by Crippen LogP contribution is -2.54. The van der Waals surface area contributed by atoms with E-state index in [1.807, 2.05) is 51.1 Å². The predicted octanol–water partition coefficient (Wildman–Crippen LogP) is 6.46. The second-order valence-electron chi connectivity index (χ2n) is 11.6. The topological polar surface area (TPSA) is 86.8 Å². The molecular formula is C32H37ClF3N3O4S. The van der Waals surface area contributed by atoms with Gasteiger partial charge in [0.1, 0.15) is 6.04 Å². The normalized spacial score (nSPS) is 12.8. The molecule has 2 amide bonds. The second-order valence-corrected chi connectivity index (χ2v) is 13.9. The van der Waals surface area contributed by atoms with Crippen molar-refractivity contribution in [3.8, 4) is 0 Å². The Morgan fingerprint density at radius 1 is 0.909 bits per heavy atom. The molecule has 44 heavy (non-hydrogen) atoms. The molecule has 0 aliphatic rings. The standard InChI is InChI=1S/C32H37ClF3N3O4S/c1-31(2,3)37-30(41)28(20-23-10-6-5-7-11-23)38(22-24-15-17-26(33)18-16-24)29(40)14-9-19-39(44(4,42)43)27-13-8-12-25(21-27)32(34,35)36/h5-8,10-13,15-18,21,28H,9,14,19-20,22H2,1-4H3,(H,37,41). The monoisotopic (exact) mass is 651 g/mol. The SMILES string of the molecule is CC(C)(C)NC(=O)C(Cc1ccccc1)N(Cc1ccc(Cl)cc1)C(=O)CCCN(c1cccc(C(F)(F)F)c1)S(C)(=O)=O. The lowest BCUT2D eigenvalue weighted by atomic mass is 10.00. The van der Waals surface area contributed by atoms with E-state index in [2.05, 4.69) is 5.32 Å². The van der Waals surface area contributed by atoms with Crippen LogP contribution in [0.2, 0.25) is 5.02 Å². The fraction of sp³-hybridized carbons (Fsp3) is 0.375. The summed E-state index contributed by atoms with van der Waals surface area (Å²) in [6.45, 7) is 5.35. The zero-order chi connectivity index (χ0) is 32.7. The average molecular weight is 652 g/mol. The maximum Gasteiger partial charge on any atom is 0.416 e. The van der Waals surface area contributed by atoms with Crippen LogP contribution in [0, 0.1) is 0 Å². The first-order valence-electron chi connectivity index (χ1n) is 14.0. The Hall–Kier alpha value is -3.57. The van der Waals surface area contributed by atoms with Gasteiger partial charge in [-0.25, -0.2) is 8.42 Å². The number of hydrogen-bond acceptors (Lipinski definition) is 4. The average Bonchev–Trinajstić information content (AvgIpc) is 2.92. The van der Waals surface area contributed by atoms with Crippen molar-refractivity contribution in [1.82, 2.24) is 10.2 Å². The summed E-state index contributed by atoms with van der Waals surface area (Å²) in [7, 11) is -3.98. The van der Waals surface area contributed by atoms with Crippen LogP contribution in [0.15, 0.2) is 78.9 Å². The fourth-order valence-corrected chi connectivity index (χ4v) is 5.72. The lowest BCUT2D eigenvalue weighted by molar-refractivity contribution is -0.142. The molecule has 0 fully saturated rings. The van der Waals surface area contributed by atoms with Gasteiger partial charge in [0.05, 0.1) is 17.5 Å². The summed E-state index contributed by atoms with van der Waals surface area (Å²) in [6, 6.07) is 19.3. The van der Waals surface area contributed by atoms with Gasteiger partial charge in [-0.1, -0.05) is 60.1 Å². The van der Waals surface area contributed by atoms with Gasteiger partial charge in [-0.05, 0) is 68.7 Å². The van der Waals surface area contributed by atoms with E-state index >= 15 is 0 Å². The number of benzene rings is 3. The van der Waals surface area contributed by atoms with Gasteiger partial charge in [0.2, 0.25) is 21.8 Å². The molecule has 0 spiro atoms. The number of nitrogens with zero attached hydrogens (tertiary/aromatic N) is 2. The van der Waals surface area contributed by atoms with Crippen LogP contribution in [0.5, 0.6) is 0 Å². The minimum atomic E-state index is -4.65. The summed E-state index contributed by atoms with van der Waals surface area (Å²) < 4.78 is 66.0. The van der Waals surface area contributed by atoms with Crippen molar-refractivity contribution in [1.29, 1.82) is 0 Å². The Morgan fingerprint density at radius 2 is 1.55 bits per heavy atom. The van der Waals surface area contributed by atoms with Crippen LogP contribution in [0.4, 0.5) is 18.9 Å². The summed E-state index contributed by atoms with van der Waals surface area (Å²) in [5.41, 5.74) is -0.154. The highest BCUT2D eigenvalue weighted by molar-refractivity contribution is 7.92. The predicted molar refractivity (Wildman–Crippen MR) is 167 cm³/mol. The van der Waals surface area contributed by atoms with Crippen molar-refractivity contribution in [2.75, 3.05) is 17.1 Å². The molecule has 3 aromatic rings. The number of nitrogens with one attached hydrogen (secondary N) is 1. The number of amides is 2. The van der Waals surface area contributed by atoms with Crippen molar-refractivity contribution in [2.24, 2.45) is 0 Å². The molecule has 0 saturated heterocycles. The van der Waals surface area contributed by atoms with Crippen molar-refractivity contribution >= 4 is 39.1 Å². The smallest absolute Gasteiger partial charge is 0.350 e. The van der Waals surface area contributed by atoms with E-state index in [9.17, 15) is 31.2 Å². The third-order valence-corrected chi connectivity index (χ3v) is 8.10. The number of carbonyl (C=O) groups excluding carboxylic acids is 2. The molecule has 0 bridgehead atoms. The van der Waals surface area contributed by atoms with Gasteiger partial charge in [0.25, 0.3) is 0 Å². The zero-order valence-corrected chi connectivity index (χ0v) is 26.6. The Bertz CT molecular complexity index is 1530. The van der Waals surface area contributed by atoms with E-state index in [1.54, 1.807) is 24.3 Å². The van der Waals surface area contributed by atoms with Gasteiger partial charge in [-0.15, -0.1) is 0 Å². The van der Waals surface area contributed by atoms with Gasteiger partial charge < -0.3 is 10.2 Å². The largest absolute Gasteiger partial charge is 0.416 e. The molecule has 0 radical (unpaired) electrons. The van der Waals surface area contributed by atoms with Crippen molar-refractivity contribution in [3.05, 3.63) is 101 Å². The highest BCUT2D eigenvalue weighted by atomic mass is 35.5. The minimum Gasteiger partial charge on any atom is -0.350 e. The van der Waals surface area contributed by atoms with E-state index in [-0.39, 0.29) is 43.9 Å². The molecule has 0 aliphatic carbocycles. The fourth-order valence-electron chi connectivity index (χ4n) is 4.63. The number of carbonyl (C=O) groups is 2. The Labute approximate surface area is 262 Å². The molecular weight excluding hydrogens is 615 g/mol. The van der Waals surface area contributed by atoms with Gasteiger partial charge in [0.15, 0.2) is 0 Å². The summed E-state index contributed by atoms with van der Waals surface area (Å²) in [6.07, 6.45) is -3.69. The summed E-state index contributed by atoms with van der Waals surface area (Å²) in [5, 5.41) is 3.48. The Kier molecular flexibility index (Phi) is 11.5. The van der Waals surface area contributed by atoms with E-state index in [0.717, 1.165) is 39.9 Å². The summed E-state index contributed by atoms with van der Waals surface area (Å²) in [4.78, 5) is 29.0. The van der Waals surface area contributed by atoms with Crippen LogP contribution >= 0.6 is 11.6 Å². The van der Waals surface area contributed by atoms with E-state index in [4.69, 9.17) is 11.6 Å². The van der Waals surface area contributed by atoms with Crippen LogP contribution in [-0.4, -0.2) is 49.5 Å². The molecule has 1 atom stereocenters. The van der Waals surface area contributed by atoms with Crippen LogP contribution in [0.1, 0.15) is 50.3 Å². The zero-order valence-electron chi connectivity index (χ0n) is 25.1. The van der Waals surface area contributed by atoms with Crippen molar-refractivity contribution in [2.45, 2.75) is 64.3 Å². The first-order valence-corrected chi connectivity index (χ1v) is 16.2. The molecule has 3 aromatic carbocycles. The Balaban J connectivity index is 1.91. The molecule has 1 unspecified atom stereocenters. The van der Waals surface area contributed by atoms with E-state index < -0.39 is 39.3 Å². The third-order valence-electron chi connectivity index (χ3n) is 6.65. The quantitative estimate of drug-likeness (QED) is 0.244. The number of halogens is 4. The number of alkyl halides is 3. The summed E-state index contributed by atoms with van der Waals surface area (Å²) >= 11 is 6.06. The van der Waals surface area contributed by atoms with Crippen molar-refractivity contribution in [3.63, 3.8) is 0 Å². The van der Waals surface area contributed by atoms with Gasteiger partial charge >= 0.3 is 6.18 Å². The first kappa shape index (κ1) is 34.9. The molecule has 3 rings (SSSR count). The second kappa shape index (κ2) is 14.5. The molecule has 0 aliphatic heterocycles. The minimum absolute atomic E-state index is 0.00177. The van der Waals surface area contributed by atoms with Gasteiger partial charge in [-0.3, -0.25) is 13.9 Å². The van der Waals surface area contributed by atoms with Gasteiger partial charge in [0, 0.05) is 36.5 Å². The number of hydrogen-bond donors (Lipinski definition) is 1. The van der Waals surface area contributed by atoms with Crippen molar-refractivity contribution < 1.29 is 31.2 Å². The van der Waals surface area contributed by atoms with Crippen LogP contribution < -0.4 is 9.62 Å². The summed E-state index contributed by atoms with van der Waals surface area (Å²) in [5.74, 6) is -0.771. The number of anilines is 1. The maximum absolute atomic E-state index is 13.9. The molecule has 0 saturated carbocycles. The van der Waals surface area contributed by atoms with Crippen LogP contribution in [-0.2, 0) is 38.8 Å². The molecule has 238 valence electrons. The molecule has 0 heterocycles. The lowest BCUT2D eigenvalue weighted by Gasteiger charge is -2.34. The van der Waals surface area contributed by atoms with Gasteiger partial charge in [-0.2, -0.15) is 13.2 Å². The highest BCUT2D eigenvalue weighted by Gasteiger charge is 2.33. The maximum atomic E-state index is 13.9. The number of rotatable bonds is 12. The number of sulfonamides is 1. The molecule has 0 aromatic heterocycles. The van der Waals surface area contributed by atoms with Crippen LogP contribution in [0.25, 0.3) is 0 Å². The van der Waals surface area contributed by atoms with E-state index in [1.165, 1.54) is 11.0 Å². The van der Waals surface area contributed by atoms with Crippen LogP contribution in [0.3, 0.4) is 0 Å². The first-order chi connectivity index (χ1) is 20.4. The van der Waals surface area contributed by atoms with E-state index in [0.29, 0.717) is 5.02 Å². The molecule has 1 N–H and O–H groups in total. The third kappa shape index (κ3) is 10.6. The molecule has 12 heteroatoms. The Morgan fingerprint density at radius 3 is 2.11 bits per heavy atom.